The second-order valence-electron chi connectivity index (χ2n) is 10.7. The lowest BCUT2D eigenvalue weighted by Crippen LogP contribution is -2.43. The maximum Gasteiger partial charge on any atom is 0.325 e. The van der Waals surface area contributed by atoms with Gasteiger partial charge in [0, 0.05) is 11.3 Å². The fourth-order valence-electron chi connectivity index (χ4n) is 3.33. The van der Waals surface area contributed by atoms with Crippen LogP contribution in [0.4, 0.5) is 5.69 Å². The van der Waals surface area contributed by atoms with E-state index in [9.17, 15) is 19.5 Å². The smallest absolute Gasteiger partial charge is 0.325 e. The van der Waals surface area contributed by atoms with Gasteiger partial charge in [0.15, 0.2) is 23.3 Å². The largest absolute Gasteiger partial charge is 0.462 e. The highest BCUT2D eigenvalue weighted by Crippen LogP contribution is 2.41. The maximum atomic E-state index is 12.7. The van der Waals surface area contributed by atoms with Gasteiger partial charge < -0.3 is 19.5 Å². The highest BCUT2D eigenvalue weighted by molar-refractivity contribution is 6.67. The Morgan fingerprint density at radius 2 is 1.40 bits per heavy atom. The first-order valence-electron chi connectivity index (χ1n) is 12.9. The lowest BCUT2D eigenvalue weighted by atomic mass is 9.91. The van der Waals surface area contributed by atoms with Crippen LogP contribution in [0, 0.1) is 12.3 Å². The number of benzene rings is 1. The summed E-state index contributed by atoms with van der Waals surface area (Å²) >= 11 is 35.9. The second-order valence-corrected chi connectivity index (χ2v) is 15.3. The predicted octanol–water partition coefficient (Wildman–Crippen LogP) is 6.17. The molecule has 0 amide bonds. The van der Waals surface area contributed by atoms with Crippen molar-refractivity contribution in [2.75, 3.05) is 31.2 Å². The highest BCUT2D eigenvalue weighted by Gasteiger charge is 2.34. The molecule has 0 spiro atoms. The number of hydrogen-bond donors (Lipinski definition) is 1. The number of hydrogen-bond acceptors (Lipinski definition) is 10. The predicted molar refractivity (Wildman–Crippen MR) is 168 cm³/mol. The van der Waals surface area contributed by atoms with E-state index in [1.807, 2.05) is 6.92 Å². The molecule has 238 valence electrons. The average Bonchev–Trinajstić information content (AvgIpc) is 2.88. The molecular formula is C27H32Cl6N4O6. The fourth-order valence-corrected chi connectivity index (χ4v) is 3.84. The summed E-state index contributed by atoms with van der Waals surface area (Å²) in [5.41, 5.74) is -0.859. The van der Waals surface area contributed by atoms with Gasteiger partial charge in [0.1, 0.15) is 25.4 Å². The van der Waals surface area contributed by atoms with Crippen molar-refractivity contribution in [3.05, 3.63) is 35.4 Å². The van der Waals surface area contributed by atoms with Crippen LogP contribution in [0.5, 0.6) is 0 Å². The SMILES string of the molecule is CCC(C)(C)C(=O)OCCOC(=O)CN(CC(=O)C(C)(C)O)c1ccc(-c2nc(C(Cl)(Cl)Cl)nc(C(Cl)(Cl)Cl)n2)cc1C. The van der Waals surface area contributed by atoms with Gasteiger partial charge in [-0.2, -0.15) is 0 Å². The molecule has 10 nitrogen and oxygen atoms in total. The number of rotatable bonds is 12. The number of aliphatic hydroxyl groups is 1. The zero-order chi connectivity index (χ0) is 33.0. The average molecular weight is 721 g/mol. The minimum Gasteiger partial charge on any atom is -0.462 e. The summed E-state index contributed by atoms with van der Waals surface area (Å²) in [5, 5.41) is 10.2. The Balaban J connectivity index is 2.35. The van der Waals surface area contributed by atoms with E-state index in [4.69, 9.17) is 79.1 Å². The van der Waals surface area contributed by atoms with Gasteiger partial charge >= 0.3 is 11.9 Å². The number of ether oxygens (including phenoxy) is 2. The van der Waals surface area contributed by atoms with Crippen molar-refractivity contribution in [2.24, 2.45) is 5.41 Å². The molecule has 0 bridgehead atoms. The van der Waals surface area contributed by atoms with Gasteiger partial charge in [0.2, 0.25) is 7.59 Å². The van der Waals surface area contributed by atoms with Crippen molar-refractivity contribution in [3.8, 4) is 11.4 Å². The van der Waals surface area contributed by atoms with Gasteiger partial charge in [-0.1, -0.05) is 76.5 Å². The number of halogens is 6. The van der Waals surface area contributed by atoms with Crippen LogP contribution in [0.2, 0.25) is 0 Å². The Kier molecular flexibility index (Phi) is 12.8. The van der Waals surface area contributed by atoms with Crippen molar-refractivity contribution in [1.29, 1.82) is 0 Å². The molecule has 1 N–H and O–H groups in total. The van der Waals surface area contributed by atoms with Gasteiger partial charge in [-0.15, -0.1) is 0 Å². The van der Waals surface area contributed by atoms with E-state index in [0.29, 0.717) is 23.2 Å². The molecule has 0 fully saturated rings. The van der Waals surface area contributed by atoms with E-state index in [1.54, 1.807) is 39.0 Å². The van der Waals surface area contributed by atoms with Crippen LogP contribution in [0.1, 0.15) is 58.3 Å². The number of esters is 2. The summed E-state index contributed by atoms with van der Waals surface area (Å²) in [6.45, 7) is 8.82. The topological polar surface area (TPSA) is 132 Å². The van der Waals surface area contributed by atoms with Crippen LogP contribution < -0.4 is 4.90 Å². The van der Waals surface area contributed by atoms with Crippen molar-refractivity contribution in [1.82, 2.24) is 15.0 Å². The van der Waals surface area contributed by atoms with E-state index >= 15 is 0 Å². The normalized spacial score (nSPS) is 12.6. The molecule has 0 saturated carbocycles. The van der Waals surface area contributed by atoms with Crippen LogP contribution in [-0.4, -0.2) is 69.7 Å². The quantitative estimate of drug-likeness (QED) is 0.154. The van der Waals surface area contributed by atoms with Crippen molar-refractivity contribution in [2.45, 2.75) is 61.1 Å². The van der Waals surface area contributed by atoms with Gasteiger partial charge in [0.05, 0.1) is 12.0 Å². The molecule has 1 heterocycles. The molecule has 0 unspecified atom stereocenters. The summed E-state index contributed by atoms with van der Waals surface area (Å²) < 4.78 is 6.35. The van der Waals surface area contributed by atoms with Crippen LogP contribution >= 0.6 is 69.6 Å². The zero-order valence-electron chi connectivity index (χ0n) is 24.3. The van der Waals surface area contributed by atoms with Crippen molar-refractivity contribution in [3.63, 3.8) is 0 Å². The monoisotopic (exact) mass is 718 g/mol. The maximum absolute atomic E-state index is 12.7. The Morgan fingerprint density at radius 1 is 0.860 bits per heavy atom. The number of carbonyl (C=O) groups is 3. The lowest BCUT2D eigenvalue weighted by Gasteiger charge is -2.28. The van der Waals surface area contributed by atoms with Gasteiger partial charge in [-0.05, 0) is 64.8 Å². The molecule has 0 saturated heterocycles. The van der Waals surface area contributed by atoms with E-state index in [-0.39, 0.29) is 43.8 Å². The number of Topliss-reactive ketones (excluding diaryl/α,β-unsaturated/α-hetero) is 1. The van der Waals surface area contributed by atoms with E-state index in [1.165, 1.54) is 18.7 Å². The molecule has 16 heteroatoms. The lowest BCUT2D eigenvalue weighted by molar-refractivity contribution is -0.158. The minimum atomic E-state index is -2.05. The third kappa shape index (κ3) is 11.0. The number of anilines is 1. The molecule has 2 aromatic rings. The molecule has 2 rings (SSSR count). The van der Waals surface area contributed by atoms with Crippen LogP contribution in [-0.2, 0) is 31.4 Å². The number of aryl methyl sites for hydroxylation is 1. The summed E-state index contributed by atoms with van der Waals surface area (Å²) in [4.78, 5) is 51.4. The van der Waals surface area contributed by atoms with E-state index in [0.717, 1.165) is 0 Å². The summed E-state index contributed by atoms with van der Waals surface area (Å²) in [5.74, 6) is -2.14. The molecule has 0 aliphatic heterocycles. The first kappa shape index (κ1) is 37.5. The van der Waals surface area contributed by atoms with Crippen LogP contribution in [0.25, 0.3) is 11.4 Å². The first-order chi connectivity index (χ1) is 19.6. The summed E-state index contributed by atoms with van der Waals surface area (Å²) in [6.07, 6.45) is 0.587. The number of aromatic nitrogens is 3. The molecule has 0 aliphatic rings. The third-order valence-electron chi connectivity index (χ3n) is 6.29. The Bertz CT molecular complexity index is 1310. The summed E-state index contributed by atoms with van der Waals surface area (Å²) in [7, 11) is 0. The first-order valence-corrected chi connectivity index (χ1v) is 15.2. The third-order valence-corrected chi connectivity index (χ3v) is 7.31. The van der Waals surface area contributed by atoms with Gasteiger partial charge in [0.25, 0.3) is 0 Å². The Hall–Kier alpha value is -1.66. The molecule has 1 aromatic carbocycles. The zero-order valence-corrected chi connectivity index (χ0v) is 28.8. The molecule has 1 aromatic heterocycles. The Labute approximate surface area is 280 Å². The van der Waals surface area contributed by atoms with Crippen molar-refractivity contribution >= 4 is 93.0 Å². The second kappa shape index (κ2) is 14.6. The molecule has 43 heavy (non-hydrogen) atoms. The van der Waals surface area contributed by atoms with E-state index in [2.05, 4.69) is 15.0 Å². The molecular weight excluding hydrogens is 689 g/mol. The summed E-state index contributed by atoms with van der Waals surface area (Å²) in [6, 6.07) is 4.85. The molecule has 0 radical (unpaired) electrons. The standard InChI is InChI=1S/C27H32Cl6N4O6/c1-7-24(3,4)23(40)43-11-10-42-19(39)14-37(13-18(38)25(5,6)41)17-9-8-16(12-15(17)2)20-34-21(26(28,29)30)36-22(35-20)27(31,32)33/h8-9,12,41H,7,10-11,13-14H2,1-6H3. The Morgan fingerprint density at radius 3 is 1.86 bits per heavy atom. The number of nitrogens with zero attached hydrogens (tertiary/aromatic N) is 4. The highest BCUT2D eigenvalue weighted by atomic mass is 35.6. The number of carbonyl (C=O) groups excluding carboxylic acids is 3. The fraction of sp³-hybridized carbons (Fsp3) is 0.556. The number of alkyl halides is 6. The van der Waals surface area contributed by atoms with Gasteiger partial charge in [-0.25, -0.2) is 15.0 Å². The van der Waals surface area contributed by atoms with Gasteiger partial charge in [-0.3, -0.25) is 14.4 Å². The van der Waals surface area contributed by atoms with Crippen molar-refractivity contribution < 1.29 is 29.0 Å². The minimum absolute atomic E-state index is 0.0339. The number of ketones is 1. The van der Waals surface area contributed by atoms with Crippen LogP contribution in [0.15, 0.2) is 18.2 Å². The molecule has 0 atom stereocenters. The van der Waals surface area contributed by atoms with E-state index < -0.39 is 36.3 Å². The molecule has 0 aliphatic carbocycles. The van der Waals surface area contributed by atoms with Crippen LogP contribution in [0.3, 0.4) is 0 Å².